The van der Waals surface area contributed by atoms with Gasteiger partial charge in [-0.25, -0.2) is 0 Å². The number of nitrogens with zero attached hydrogens (tertiary/aromatic N) is 1. The average Bonchev–Trinajstić information content (AvgIpc) is 2.03. The monoisotopic (exact) mass is 204 g/mol. The van der Waals surface area contributed by atoms with Gasteiger partial charge in [0, 0.05) is 13.1 Å². The lowest BCUT2D eigenvalue weighted by Gasteiger charge is -2.05. The zero-order valence-corrected chi connectivity index (χ0v) is 8.12. The van der Waals surface area contributed by atoms with Crippen LogP contribution in [-0.4, -0.2) is 30.1 Å². The minimum atomic E-state index is -4.18. The lowest BCUT2D eigenvalue weighted by Crippen LogP contribution is -2.21. The molecule has 2 nitrogen and oxygen atoms in total. The zero-order valence-electron chi connectivity index (χ0n) is 7.23. The van der Waals surface area contributed by atoms with Crippen LogP contribution in [0.15, 0.2) is 0 Å². The number of thiol groups is 1. The molecule has 0 atom stereocenters. The van der Waals surface area contributed by atoms with Gasteiger partial charge >= 0.3 is 6.18 Å². The van der Waals surface area contributed by atoms with E-state index in [0.717, 1.165) is 13.1 Å². The summed E-state index contributed by atoms with van der Waals surface area (Å²) in [4.78, 5) is 0. The van der Waals surface area contributed by atoms with Crippen LogP contribution in [-0.2, 0) is 0 Å². The predicted octanol–water partition coefficient (Wildman–Crippen LogP) is 1.68. The highest BCUT2D eigenvalue weighted by molar-refractivity contribution is 7.77. The molecule has 0 saturated carbocycles. The van der Waals surface area contributed by atoms with Gasteiger partial charge < -0.3 is 5.73 Å². The van der Waals surface area contributed by atoms with Crippen molar-refractivity contribution in [2.75, 3.05) is 19.6 Å². The average molecular weight is 204 g/mol. The van der Waals surface area contributed by atoms with Gasteiger partial charge in [0.2, 0.25) is 0 Å². The maximum absolute atomic E-state index is 10.7. The largest absolute Gasteiger partial charge is 0.400 e. The molecule has 0 aromatic rings. The molecule has 0 spiro atoms. The highest BCUT2D eigenvalue weighted by Crippen LogP contribution is 2.10. The third kappa shape index (κ3) is 16.6. The highest BCUT2D eigenvalue weighted by Gasteiger charge is 2.23. The molecule has 0 aliphatic carbocycles. The van der Waals surface area contributed by atoms with Crippen LogP contribution >= 0.6 is 12.8 Å². The highest BCUT2D eigenvalue weighted by atomic mass is 32.1. The summed E-state index contributed by atoms with van der Waals surface area (Å²) in [5, 5.41) is 0. The Morgan fingerprint density at radius 3 is 1.50 bits per heavy atom. The molecule has 0 heterocycles. The number of hydrogen-bond acceptors (Lipinski definition) is 3. The molecule has 0 amide bonds. The summed E-state index contributed by atoms with van der Waals surface area (Å²) in [6, 6.07) is 0. The summed E-state index contributed by atoms with van der Waals surface area (Å²) in [5.74, 6) is 0. The molecule has 0 saturated heterocycles. The van der Waals surface area contributed by atoms with Crippen LogP contribution < -0.4 is 5.73 Å². The minimum Gasteiger partial charge on any atom is -0.323 e. The Kier molecular flexibility index (Phi) is 9.35. The fraction of sp³-hybridized carbons (Fsp3) is 1.00. The van der Waals surface area contributed by atoms with E-state index in [1.807, 2.05) is 4.31 Å². The van der Waals surface area contributed by atoms with Gasteiger partial charge in [-0.05, 0) is 0 Å². The van der Waals surface area contributed by atoms with Crippen molar-refractivity contribution in [3.8, 4) is 0 Å². The second kappa shape index (κ2) is 7.70. The maximum Gasteiger partial charge on any atom is 0.400 e. The standard InChI is InChI=1S/C4H11NS.C2H4F3N/c1-3-5(6)4-2;3-2(4,5)1-6/h6H,3-4H2,1-2H3;1,6H2. The van der Waals surface area contributed by atoms with Crippen LogP contribution in [0, 0.1) is 0 Å². The van der Waals surface area contributed by atoms with Gasteiger partial charge in [-0.1, -0.05) is 26.7 Å². The van der Waals surface area contributed by atoms with Crippen molar-refractivity contribution >= 4 is 12.8 Å². The minimum absolute atomic E-state index is 1.03. The number of alkyl halides is 3. The topological polar surface area (TPSA) is 29.3 Å². The van der Waals surface area contributed by atoms with E-state index in [1.165, 1.54) is 0 Å². The van der Waals surface area contributed by atoms with E-state index < -0.39 is 12.7 Å². The fourth-order valence-electron chi connectivity index (χ4n) is 0.224. The number of hydrogen-bond donors (Lipinski definition) is 2. The van der Waals surface area contributed by atoms with Gasteiger partial charge in [0.05, 0.1) is 6.54 Å². The van der Waals surface area contributed by atoms with E-state index in [-0.39, 0.29) is 0 Å². The first-order valence-electron chi connectivity index (χ1n) is 3.58. The Hall–Kier alpha value is 0.0600. The maximum atomic E-state index is 10.7. The quantitative estimate of drug-likeness (QED) is 0.670. The van der Waals surface area contributed by atoms with Gasteiger partial charge in [0.1, 0.15) is 0 Å². The number of rotatable bonds is 2. The molecule has 0 radical (unpaired) electrons. The summed E-state index contributed by atoms with van der Waals surface area (Å²) in [6.07, 6.45) is -4.18. The Balaban J connectivity index is 0. The van der Waals surface area contributed by atoms with Gasteiger partial charge in [-0.15, -0.1) is 0 Å². The Morgan fingerprint density at radius 2 is 1.50 bits per heavy atom. The molecule has 0 aliphatic heterocycles. The van der Waals surface area contributed by atoms with Crippen molar-refractivity contribution in [1.82, 2.24) is 4.31 Å². The first-order valence-corrected chi connectivity index (χ1v) is 3.98. The molecule has 0 aromatic heterocycles. The second-order valence-corrected chi connectivity index (χ2v) is 2.52. The van der Waals surface area contributed by atoms with Crippen LogP contribution in [0.5, 0.6) is 0 Å². The van der Waals surface area contributed by atoms with Gasteiger partial charge in [-0.3, -0.25) is 4.31 Å². The van der Waals surface area contributed by atoms with E-state index in [2.05, 4.69) is 32.4 Å². The van der Waals surface area contributed by atoms with Crippen LogP contribution in [0.2, 0.25) is 0 Å². The smallest absolute Gasteiger partial charge is 0.323 e. The molecule has 0 fully saturated rings. The van der Waals surface area contributed by atoms with Crippen molar-refractivity contribution < 1.29 is 13.2 Å². The Morgan fingerprint density at radius 1 is 1.25 bits per heavy atom. The number of nitrogens with two attached hydrogens (primary N) is 1. The number of halogens is 3. The van der Waals surface area contributed by atoms with Crippen LogP contribution in [0.3, 0.4) is 0 Å². The summed E-state index contributed by atoms with van der Waals surface area (Å²) < 4.78 is 33.9. The fourth-order valence-corrected chi connectivity index (χ4v) is 0.224. The lowest BCUT2D eigenvalue weighted by molar-refractivity contribution is -0.118. The molecular weight excluding hydrogens is 189 g/mol. The molecular formula is C6H15F3N2S. The van der Waals surface area contributed by atoms with Crippen molar-refractivity contribution in [2.24, 2.45) is 5.73 Å². The Labute approximate surface area is 76.5 Å². The van der Waals surface area contributed by atoms with Gasteiger partial charge in [-0.2, -0.15) is 13.2 Å². The van der Waals surface area contributed by atoms with Crippen LogP contribution in [0.4, 0.5) is 13.2 Å². The SMILES string of the molecule is CCN(S)CC.NCC(F)(F)F. The molecule has 6 heteroatoms. The molecule has 12 heavy (non-hydrogen) atoms. The molecule has 0 aliphatic rings. The zero-order chi connectivity index (χ0) is 10.2. The molecule has 0 bridgehead atoms. The van der Waals surface area contributed by atoms with E-state index in [4.69, 9.17) is 0 Å². The van der Waals surface area contributed by atoms with Gasteiger partial charge in [0.25, 0.3) is 0 Å². The molecule has 2 N–H and O–H groups in total. The summed E-state index contributed by atoms with van der Waals surface area (Å²) in [6.45, 7) is 4.99. The third-order valence-corrected chi connectivity index (χ3v) is 1.53. The van der Waals surface area contributed by atoms with Crippen molar-refractivity contribution in [3.05, 3.63) is 0 Å². The summed E-state index contributed by atoms with van der Waals surface area (Å²) in [5.41, 5.74) is 4.18. The van der Waals surface area contributed by atoms with E-state index in [9.17, 15) is 13.2 Å². The van der Waals surface area contributed by atoms with Crippen molar-refractivity contribution in [2.45, 2.75) is 20.0 Å². The molecule has 0 unspecified atom stereocenters. The van der Waals surface area contributed by atoms with E-state index >= 15 is 0 Å². The van der Waals surface area contributed by atoms with E-state index in [1.54, 1.807) is 0 Å². The molecule has 0 rings (SSSR count). The Bertz CT molecular complexity index is 93.3. The normalized spacial score (nSPS) is 11.0. The van der Waals surface area contributed by atoms with Gasteiger partial charge in [0.15, 0.2) is 0 Å². The third-order valence-electron chi connectivity index (χ3n) is 0.962. The van der Waals surface area contributed by atoms with E-state index in [0.29, 0.717) is 0 Å². The summed E-state index contributed by atoms with van der Waals surface area (Å²) in [7, 11) is 0. The first kappa shape index (κ1) is 14.6. The van der Waals surface area contributed by atoms with Crippen LogP contribution in [0.25, 0.3) is 0 Å². The lowest BCUT2D eigenvalue weighted by atomic mass is 10.7. The molecule has 0 aromatic carbocycles. The van der Waals surface area contributed by atoms with Crippen molar-refractivity contribution in [3.63, 3.8) is 0 Å². The van der Waals surface area contributed by atoms with Crippen LogP contribution in [0.1, 0.15) is 13.8 Å². The second-order valence-electron chi connectivity index (χ2n) is 1.96. The first-order chi connectivity index (χ1) is 5.37. The van der Waals surface area contributed by atoms with Crippen molar-refractivity contribution in [1.29, 1.82) is 0 Å². The molecule has 76 valence electrons. The predicted molar refractivity (Wildman–Crippen MR) is 47.0 cm³/mol. The summed E-state index contributed by atoms with van der Waals surface area (Å²) >= 11 is 4.06.